The molecule has 2 heterocycles. The van der Waals surface area contributed by atoms with E-state index in [1.807, 2.05) is 0 Å². The van der Waals surface area contributed by atoms with Crippen molar-refractivity contribution in [2.45, 2.75) is 52.4 Å². The van der Waals surface area contributed by atoms with Crippen LogP contribution >= 0.6 is 0 Å². The Hall–Kier alpha value is -1.13. The lowest BCUT2D eigenvalue weighted by molar-refractivity contribution is -0.0600. The first kappa shape index (κ1) is 17.3. The Morgan fingerprint density at radius 2 is 2.04 bits per heavy atom. The van der Waals surface area contributed by atoms with Crippen LogP contribution in [0.1, 0.15) is 61.3 Å². The second-order valence-corrected chi connectivity index (χ2v) is 8.87. The van der Waals surface area contributed by atoms with Crippen LogP contribution in [0.2, 0.25) is 0 Å². The molecule has 0 aromatic carbocycles. The van der Waals surface area contributed by atoms with Crippen molar-refractivity contribution in [3.8, 4) is 0 Å². The van der Waals surface area contributed by atoms with Crippen LogP contribution in [-0.4, -0.2) is 48.5 Å². The highest BCUT2D eigenvalue weighted by atomic mass is 16.5. The van der Waals surface area contributed by atoms with Crippen molar-refractivity contribution < 1.29 is 9.53 Å². The molecule has 2 atom stereocenters. The van der Waals surface area contributed by atoms with Crippen molar-refractivity contribution in [2.24, 2.45) is 17.3 Å². The Bertz CT molecular complexity index is 628. The maximum absolute atomic E-state index is 12.0. The average Bonchev–Trinajstić information content (AvgIpc) is 3.03. The van der Waals surface area contributed by atoms with E-state index >= 15 is 0 Å². The third-order valence-corrected chi connectivity index (χ3v) is 7.10. The van der Waals surface area contributed by atoms with Crippen molar-refractivity contribution in [2.75, 3.05) is 32.8 Å². The maximum Gasteiger partial charge on any atom is 0.164 e. The van der Waals surface area contributed by atoms with Gasteiger partial charge in [0.1, 0.15) is 0 Å². The molecule has 0 radical (unpaired) electrons. The number of fused-ring (bicyclic) bond motifs is 1. The molecule has 1 aliphatic heterocycles. The molecule has 1 N–H and O–H groups in total. The van der Waals surface area contributed by atoms with Gasteiger partial charge in [-0.3, -0.25) is 9.69 Å². The molecule has 1 aromatic heterocycles. The number of aromatic nitrogens is 1. The summed E-state index contributed by atoms with van der Waals surface area (Å²) in [6, 6.07) is 2.13. The average molecular weight is 344 g/mol. The van der Waals surface area contributed by atoms with E-state index in [1.165, 1.54) is 30.8 Å². The van der Waals surface area contributed by atoms with Gasteiger partial charge in [0.25, 0.3) is 0 Å². The molecule has 0 unspecified atom stereocenters. The number of nitrogens with one attached hydrogen (secondary N) is 1. The molecular weight excluding hydrogens is 312 g/mol. The Kier molecular flexibility index (Phi) is 4.76. The van der Waals surface area contributed by atoms with E-state index in [9.17, 15) is 4.79 Å². The van der Waals surface area contributed by atoms with Crippen LogP contribution in [0.4, 0.5) is 0 Å². The minimum Gasteiger partial charge on any atom is -0.379 e. The zero-order valence-corrected chi connectivity index (χ0v) is 15.8. The number of morpholine rings is 1. The summed E-state index contributed by atoms with van der Waals surface area (Å²) >= 11 is 0. The zero-order chi connectivity index (χ0) is 17.4. The molecule has 138 valence electrons. The molecule has 0 amide bonds. The van der Waals surface area contributed by atoms with Crippen LogP contribution in [0.5, 0.6) is 0 Å². The first-order valence-corrected chi connectivity index (χ1v) is 10.1. The number of ether oxygens (including phenoxy) is 1. The Balaban J connectivity index is 1.30. The molecule has 0 spiro atoms. The maximum atomic E-state index is 12.0. The summed E-state index contributed by atoms with van der Waals surface area (Å²) in [5.74, 6) is 1.95. The summed E-state index contributed by atoms with van der Waals surface area (Å²) in [4.78, 5) is 18.1. The summed E-state index contributed by atoms with van der Waals surface area (Å²) in [7, 11) is 0. The van der Waals surface area contributed by atoms with Gasteiger partial charge in [0.2, 0.25) is 0 Å². The number of nitrogens with zero attached hydrogens (tertiary/aromatic N) is 1. The number of carbonyl (C=O) groups excluding carboxylic acids is 1. The Labute approximate surface area is 151 Å². The van der Waals surface area contributed by atoms with Crippen LogP contribution in [0, 0.1) is 17.3 Å². The van der Waals surface area contributed by atoms with E-state index in [1.54, 1.807) is 0 Å². The summed E-state index contributed by atoms with van der Waals surface area (Å²) in [6.07, 6.45) is 6.44. The summed E-state index contributed by atoms with van der Waals surface area (Å²) in [5, 5.41) is 0. The topological polar surface area (TPSA) is 45.3 Å². The van der Waals surface area contributed by atoms with E-state index in [0.717, 1.165) is 69.4 Å². The molecule has 25 heavy (non-hydrogen) atoms. The van der Waals surface area contributed by atoms with E-state index in [4.69, 9.17) is 4.74 Å². The number of ketones is 1. The number of aryl methyl sites for hydroxylation is 2. The lowest BCUT2D eigenvalue weighted by atomic mass is 9.53. The zero-order valence-electron chi connectivity index (χ0n) is 15.8. The molecule has 0 bridgehead atoms. The van der Waals surface area contributed by atoms with E-state index < -0.39 is 0 Å². The van der Waals surface area contributed by atoms with E-state index in [2.05, 4.69) is 29.8 Å². The van der Waals surface area contributed by atoms with Crippen molar-refractivity contribution in [3.05, 3.63) is 23.0 Å². The fraction of sp³-hybridized carbons (Fsp3) is 0.762. The number of hydrogen-bond acceptors (Lipinski definition) is 3. The van der Waals surface area contributed by atoms with Crippen molar-refractivity contribution >= 4 is 5.78 Å². The molecule has 4 nitrogen and oxygen atoms in total. The first-order chi connectivity index (χ1) is 12.0. The van der Waals surface area contributed by atoms with Gasteiger partial charge in [-0.15, -0.1) is 0 Å². The quantitative estimate of drug-likeness (QED) is 0.890. The van der Waals surface area contributed by atoms with Gasteiger partial charge in [0.15, 0.2) is 5.78 Å². The summed E-state index contributed by atoms with van der Waals surface area (Å²) < 4.78 is 5.47. The van der Waals surface area contributed by atoms with Gasteiger partial charge in [-0.2, -0.15) is 0 Å². The number of aromatic amines is 1. The van der Waals surface area contributed by atoms with Gasteiger partial charge in [0.05, 0.1) is 13.2 Å². The lowest BCUT2D eigenvalue weighted by Crippen LogP contribution is -2.51. The predicted molar refractivity (Wildman–Crippen MR) is 99.0 cm³/mol. The van der Waals surface area contributed by atoms with Crippen LogP contribution in [0.15, 0.2) is 6.07 Å². The summed E-state index contributed by atoms with van der Waals surface area (Å²) in [6.45, 7) is 10.1. The largest absolute Gasteiger partial charge is 0.379 e. The van der Waals surface area contributed by atoms with Gasteiger partial charge in [-0.05, 0) is 55.4 Å². The van der Waals surface area contributed by atoms with E-state index in [0.29, 0.717) is 11.2 Å². The molecule has 3 aliphatic rings. The van der Waals surface area contributed by atoms with Crippen LogP contribution in [0.25, 0.3) is 0 Å². The smallest absolute Gasteiger partial charge is 0.164 e. The number of carbonyl (C=O) groups is 1. The normalized spacial score (nSPS) is 29.3. The van der Waals surface area contributed by atoms with Crippen LogP contribution in [-0.2, 0) is 17.6 Å². The third-order valence-electron chi connectivity index (χ3n) is 7.10. The molecule has 2 fully saturated rings. The first-order valence-electron chi connectivity index (χ1n) is 10.1. The Morgan fingerprint density at radius 1 is 1.24 bits per heavy atom. The molecule has 4 heteroatoms. The molecule has 1 saturated carbocycles. The van der Waals surface area contributed by atoms with Crippen molar-refractivity contribution in [1.82, 2.24) is 9.88 Å². The Morgan fingerprint density at radius 3 is 2.76 bits per heavy atom. The molecule has 1 aromatic rings. The van der Waals surface area contributed by atoms with Crippen molar-refractivity contribution in [3.63, 3.8) is 0 Å². The van der Waals surface area contributed by atoms with Crippen molar-refractivity contribution in [1.29, 1.82) is 0 Å². The fourth-order valence-electron chi connectivity index (χ4n) is 5.05. The standard InChI is InChI=1S/C21H32N2O2/c1-21(2)15(12-16(21)14-23-8-10-25-11-9-23)6-7-17-13-18-19(22-17)4-3-5-20(18)24/h13,15-16,22H,3-12,14H2,1-2H3/t15-,16+/m1/s1. The highest BCUT2D eigenvalue weighted by Gasteiger charge is 2.47. The minimum absolute atomic E-state index is 0.332. The number of Topliss-reactive ketones (excluding diaryl/α,β-unsaturated/α-hetero) is 1. The lowest BCUT2D eigenvalue weighted by Gasteiger charge is -2.54. The third kappa shape index (κ3) is 3.43. The molecular formula is C21H32N2O2. The summed E-state index contributed by atoms with van der Waals surface area (Å²) in [5.41, 5.74) is 3.86. The highest BCUT2D eigenvalue weighted by Crippen LogP contribution is 2.53. The minimum atomic E-state index is 0.332. The second kappa shape index (κ2) is 6.88. The molecule has 1 saturated heterocycles. The molecule has 4 rings (SSSR count). The molecule has 2 aliphatic carbocycles. The fourth-order valence-corrected chi connectivity index (χ4v) is 5.05. The predicted octanol–water partition coefficient (Wildman–Crippen LogP) is 3.46. The second-order valence-electron chi connectivity index (χ2n) is 8.87. The van der Waals surface area contributed by atoms with Gasteiger partial charge in [0, 0.05) is 43.0 Å². The van der Waals surface area contributed by atoms with E-state index in [-0.39, 0.29) is 0 Å². The van der Waals surface area contributed by atoms with Gasteiger partial charge < -0.3 is 9.72 Å². The SMILES string of the molecule is CC1(C)[C@H](CCc2cc3c([nH]2)CCCC3=O)C[C@H]1CN1CCOCC1. The monoisotopic (exact) mass is 344 g/mol. The van der Waals surface area contributed by atoms with Gasteiger partial charge in [-0.1, -0.05) is 13.8 Å². The van der Waals surface area contributed by atoms with Crippen LogP contribution < -0.4 is 0 Å². The number of H-pyrrole nitrogens is 1. The highest BCUT2D eigenvalue weighted by molar-refractivity contribution is 5.98. The van der Waals surface area contributed by atoms with Gasteiger partial charge in [-0.25, -0.2) is 0 Å². The van der Waals surface area contributed by atoms with Crippen LogP contribution in [0.3, 0.4) is 0 Å². The van der Waals surface area contributed by atoms with Gasteiger partial charge >= 0.3 is 0 Å². The number of rotatable bonds is 5. The number of hydrogen-bond donors (Lipinski definition) is 1.